The molecule has 1 atom stereocenters. The third kappa shape index (κ3) is 3.18. The third-order valence-corrected chi connectivity index (χ3v) is 3.21. The molecule has 2 heterocycles. The predicted octanol–water partition coefficient (Wildman–Crippen LogP) is 1.22. The zero-order chi connectivity index (χ0) is 12.8. The van der Waals surface area contributed by atoms with E-state index in [1.807, 2.05) is 0 Å². The Balaban J connectivity index is 1.94. The molecule has 0 aromatic carbocycles. The number of amides is 1. The average molecular weight is 248 g/mol. The summed E-state index contributed by atoms with van der Waals surface area (Å²) in [5, 5.41) is 2.97. The molecule has 0 aliphatic carbocycles. The van der Waals surface area contributed by atoms with Crippen LogP contribution in [0, 0.1) is 5.92 Å². The van der Waals surface area contributed by atoms with Gasteiger partial charge < -0.3 is 10.2 Å². The molecule has 1 N–H and O–H groups in total. The smallest absolute Gasteiger partial charge is 0.224 e. The first-order valence-corrected chi connectivity index (χ1v) is 6.60. The second-order valence-corrected chi connectivity index (χ2v) is 4.64. The number of carbonyl (C=O) groups is 1. The number of carbonyl (C=O) groups excluding carboxylic acids is 1. The summed E-state index contributed by atoms with van der Waals surface area (Å²) >= 11 is 0. The van der Waals surface area contributed by atoms with Crippen LogP contribution in [0.3, 0.4) is 0 Å². The van der Waals surface area contributed by atoms with Crippen LogP contribution in [-0.4, -0.2) is 35.5 Å². The Bertz CT molecular complexity index is 382. The van der Waals surface area contributed by atoms with Crippen LogP contribution >= 0.6 is 0 Å². The molecule has 5 nitrogen and oxygen atoms in total. The van der Waals surface area contributed by atoms with Gasteiger partial charge in [0.25, 0.3) is 0 Å². The van der Waals surface area contributed by atoms with Crippen LogP contribution in [0.1, 0.15) is 26.2 Å². The summed E-state index contributed by atoms with van der Waals surface area (Å²) in [7, 11) is 0. The molecule has 1 aromatic rings. The van der Waals surface area contributed by atoms with Gasteiger partial charge in [0.05, 0.1) is 12.1 Å². The molecule has 2 rings (SSSR count). The van der Waals surface area contributed by atoms with E-state index >= 15 is 0 Å². The SMILES string of the molecule is CCCNC(=O)[C@H]1CCCN(c2cnccn2)C1. The van der Waals surface area contributed by atoms with E-state index in [9.17, 15) is 4.79 Å². The molecule has 1 aromatic heterocycles. The zero-order valence-corrected chi connectivity index (χ0v) is 10.8. The summed E-state index contributed by atoms with van der Waals surface area (Å²) in [6.45, 7) is 4.53. The van der Waals surface area contributed by atoms with Crippen LogP contribution < -0.4 is 10.2 Å². The molecule has 98 valence electrons. The first-order chi connectivity index (χ1) is 8.81. The van der Waals surface area contributed by atoms with Crippen molar-refractivity contribution in [2.45, 2.75) is 26.2 Å². The van der Waals surface area contributed by atoms with Crippen LogP contribution in [0.5, 0.6) is 0 Å². The molecule has 1 aliphatic rings. The fourth-order valence-corrected chi connectivity index (χ4v) is 2.25. The van der Waals surface area contributed by atoms with E-state index in [4.69, 9.17) is 0 Å². The van der Waals surface area contributed by atoms with Gasteiger partial charge in [-0.15, -0.1) is 0 Å². The summed E-state index contributed by atoms with van der Waals surface area (Å²) in [6.07, 6.45) is 8.08. The molecule has 0 spiro atoms. The lowest BCUT2D eigenvalue weighted by Crippen LogP contribution is -2.43. The molecule has 1 saturated heterocycles. The number of hydrogen-bond donors (Lipinski definition) is 1. The number of piperidine rings is 1. The van der Waals surface area contributed by atoms with Crippen molar-refractivity contribution in [3.8, 4) is 0 Å². The molecular weight excluding hydrogens is 228 g/mol. The standard InChI is InChI=1S/C13H20N4O/c1-2-5-16-13(18)11-4-3-8-17(10-11)12-9-14-6-7-15-12/h6-7,9,11H,2-5,8,10H2,1H3,(H,16,18)/t11-/m0/s1. The van der Waals surface area contributed by atoms with Crippen molar-refractivity contribution in [1.29, 1.82) is 0 Å². The summed E-state index contributed by atoms with van der Waals surface area (Å²) in [6, 6.07) is 0. The van der Waals surface area contributed by atoms with E-state index in [0.717, 1.165) is 44.7 Å². The van der Waals surface area contributed by atoms with Gasteiger partial charge in [-0.05, 0) is 19.3 Å². The van der Waals surface area contributed by atoms with Crippen molar-refractivity contribution in [3.63, 3.8) is 0 Å². The molecule has 0 unspecified atom stereocenters. The highest BCUT2D eigenvalue weighted by Gasteiger charge is 2.26. The average Bonchev–Trinajstić information content (AvgIpc) is 2.46. The van der Waals surface area contributed by atoms with Crippen molar-refractivity contribution in [2.75, 3.05) is 24.5 Å². The fourth-order valence-electron chi connectivity index (χ4n) is 2.25. The minimum Gasteiger partial charge on any atom is -0.356 e. The molecule has 1 aliphatic heterocycles. The summed E-state index contributed by atoms with van der Waals surface area (Å²) < 4.78 is 0. The molecule has 18 heavy (non-hydrogen) atoms. The maximum absolute atomic E-state index is 12.0. The number of rotatable bonds is 4. The van der Waals surface area contributed by atoms with E-state index in [-0.39, 0.29) is 11.8 Å². The maximum Gasteiger partial charge on any atom is 0.224 e. The van der Waals surface area contributed by atoms with Crippen molar-refractivity contribution in [2.24, 2.45) is 5.92 Å². The van der Waals surface area contributed by atoms with Gasteiger partial charge in [-0.3, -0.25) is 9.78 Å². The molecule has 1 fully saturated rings. The van der Waals surface area contributed by atoms with Gasteiger partial charge in [0.2, 0.25) is 5.91 Å². The first kappa shape index (κ1) is 12.8. The second-order valence-electron chi connectivity index (χ2n) is 4.64. The minimum absolute atomic E-state index is 0.0762. The lowest BCUT2D eigenvalue weighted by Gasteiger charge is -2.32. The second kappa shape index (κ2) is 6.33. The number of hydrogen-bond acceptors (Lipinski definition) is 4. The molecule has 0 saturated carbocycles. The van der Waals surface area contributed by atoms with Gasteiger partial charge in [0.1, 0.15) is 5.82 Å². The largest absolute Gasteiger partial charge is 0.356 e. The van der Waals surface area contributed by atoms with Crippen LogP contribution in [0.2, 0.25) is 0 Å². The van der Waals surface area contributed by atoms with Gasteiger partial charge in [0, 0.05) is 32.0 Å². The minimum atomic E-state index is 0.0762. The van der Waals surface area contributed by atoms with Gasteiger partial charge in [0.15, 0.2) is 0 Å². The molecular formula is C13H20N4O. The van der Waals surface area contributed by atoms with Crippen LogP contribution in [-0.2, 0) is 4.79 Å². The monoisotopic (exact) mass is 248 g/mol. The number of anilines is 1. The van der Waals surface area contributed by atoms with E-state index < -0.39 is 0 Å². The zero-order valence-electron chi connectivity index (χ0n) is 10.8. The Labute approximate surface area is 108 Å². The number of aromatic nitrogens is 2. The Morgan fingerprint density at radius 3 is 3.17 bits per heavy atom. The summed E-state index contributed by atoms with van der Waals surface area (Å²) in [5.74, 6) is 1.11. The van der Waals surface area contributed by atoms with Crippen molar-refractivity contribution in [1.82, 2.24) is 15.3 Å². The summed E-state index contributed by atoms with van der Waals surface area (Å²) in [5.41, 5.74) is 0. The topological polar surface area (TPSA) is 58.1 Å². The van der Waals surface area contributed by atoms with E-state index in [2.05, 4.69) is 27.1 Å². The number of nitrogens with one attached hydrogen (secondary N) is 1. The van der Waals surface area contributed by atoms with Crippen molar-refractivity contribution in [3.05, 3.63) is 18.6 Å². The normalized spacial score (nSPS) is 19.6. The summed E-state index contributed by atoms with van der Waals surface area (Å²) in [4.78, 5) is 22.5. The van der Waals surface area contributed by atoms with E-state index in [1.54, 1.807) is 18.6 Å². The Morgan fingerprint density at radius 2 is 2.44 bits per heavy atom. The Hall–Kier alpha value is -1.65. The molecule has 5 heteroatoms. The van der Waals surface area contributed by atoms with Crippen LogP contribution in [0.15, 0.2) is 18.6 Å². The van der Waals surface area contributed by atoms with Gasteiger partial charge in [-0.25, -0.2) is 4.98 Å². The van der Waals surface area contributed by atoms with E-state index in [0.29, 0.717) is 0 Å². The lowest BCUT2D eigenvalue weighted by atomic mass is 9.97. The first-order valence-electron chi connectivity index (χ1n) is 6.60. The van der Waals surface area contributed by atoms with Gasteiger partial charge in [-0.2, -0.15) is 0 Å². The lowest BCUT2D eigenvalue weighted by molar-refractivity contribution is -0.125. The fraction of sp³-hybridized carbons (Fsp3) is 0.615. The molecule has 0 bridgehead atoms. The third-order valence-electron chi connectivity index (χ3n) is 3.21. The highest BCUT2D eigenvalue weighted by Crippen LogP contribution is 2.20. The van der Waals surface area contributed by atoms with Crippen LogP contribution in [0.25, 0.3) is 0 Å². The maximum atomic E-state index is 12.0. The Kier molecular flexibility index (Phi) is 4.50. The quantitative estimate of drug-likeness (QED) is 0.870. The Morgan fingerprint density at radius 1 is 1.56 bits per heavy atom. The number of nitrogens with zero attached hydrogens (tertiary/aromatic N) is 3. The molecule has 0 radical (unpaired) electrons. The highest BCUT2D eigenvalue weighted by atomic mass is 16.1. The highest BCUT2D eigenvalue weighted by molar-refractivity contribution is 5.79. The predicted molar refractivity (Wildman–Crippen MR) is 70.3 cm³/mol. The van der Waals surface area contributed by atoms with Crippen LogP contribution in [0.4, 0.5) is 5.82 Å². The van der Waals surface area contributed by atoms with Gasteiger partial charge >= 0.3 is 0 Å². The van der Waals surface area contributed by atoms with Gasteiger partial charge in [-0.1, -0.05) is 6.92 Å². The molecule has 1 amide bonds. The van der Waals surface area contributed by atoms with Crippen molar-refractivity contribution < 1.29 is 4.79 Å². The van der Waals surface area contributed by atoms with Crippen molar-refractivity contribution >= 4 is 11.7 Å². The van der Waals surface area contributed by atoms with E-state index in [1.165, 1.54) is 0 Å².